The zero-order valence-corrected chi connectivity index (χ0v) is 20.5. The molecule has 2 N–H and O–H groups in total. The van der Waals surface area contributed by atoms with E-state index in [1.807, 2.05) is 0 Å². The van der Waals surface area contributed by atoms with E-state index in [0.717, 1.165) is 37.2 Å². The van der Waals surface area contributed by atoms with Gasteiger partial charge >= 0.3 is 0 Å². The van der Waals surface area contributed by atoms with Crippen molar-refractivity contribution in [1.82, 2.24) is 9.97 Å². The molecule has 2 aliphatic heterocycles. The lowest BCUT2D eigenvalue weighted by Crippen LogP contribution is -2.35. The number of piperidine rings is 1. The van der Waals surface area contributed by atoms with Crippen LogP contribution in [0.5, 0.6) is 0 Å². The molecule has 33 heavy (non-hydrogen) atoms. The number of nitrogens with zero attached hydrogens (tertiary/aromatic N) is 3. The van der Waals surface area contributed by atoms with Crippen LogP contribution in [0.2, 0.25) is 0 Å². The van der Waals surface area contributed by atoms with E-state index in [-0.39, 0.29) is 18.6 Å². The average Bonchev–Trinajstić information content (AvgIpc) is 3.22. The molecule has 0 aliphatic carbocycles. The standard InChI is InChI=1S/C25H34N4O3S/c1-16(2)22(15-30)26-24-23-21(11-14-33(23)31)27-25(28-24)29-12-9-20(10-13-29)19-7-5-18(6-8-19)17(3)32-4/h5-8,16,20,22,30H,3,9-15H2,1-2,4H3,(H,26,27,28)/t22-,33?/m0/s1. The maximum Gasteiger partial charge on any atom is 0.227 e. The van der Waals surface area contributed by atoms with Gasteiger partial charge in [-0.15, -0.1) is 0 Å². The second kappa shape index (κ2) is 10.2. The van der Waals surface area contributed by atoms with E-state index in [4.69, 9.17) is 14.7 Å². The van der Waals surface area contributed by atoms with Crippen LogP contribution in [0.15, 0.2) is 35.7 Å². The Kier molecular flexibility index (Phi) is 7.34. The Balaban J connectivity index is 1.49. The van der Waals surface area contributed by atoms with Gasteiger partial charge in [-0.1, -0.05) is 44.7 Å². The number of ether oxygens (including phenoxy) is 1. The molecule has 2 aliphatic rings. The third kappa shape index (κ3) is 5.06. The van der Waals surface area contributed by atoms with Gasteiger partial charge in [0.05, 0.1) is 36.3 Å². The van der Waals surface area contributed by atoms with Crippen molar-refractivity contribution in [2.75, 3.05) is 42.8 Å². The first kappa shape index (κ1) is 23.7. The summed E-state index contributed by atoms with van der Waals surface area (Å²) in [5.74, 6) is 3.29. The molecule has 1 unspecified atom stereocenters. The second-order valence-electron chi connectivity index (χ2n) is 9.14. The Hall–Kier alpha value is -2.45. The Morgan fingerprint density at radius 3 is 2.58 bits per heavy atom. The Morgan fingerprint density at radius 1 is 1.27 bits per heavy atom. The van der Waals surface area contributed by atoms with E-state index in [1.54, 1.807) is 7.11 Å². The molecule has 0 spiro atoms. The maximum absolute atomic E-state index is 12.6. The first-order valence-corrected chi connectivity index (χ1v) is 13.0. The molecule has 0 saturated carbocycles. The summed E-state index contributed by atoms with van der Waals surface area (Å²) in [6, 6.07) is 8.34. The van der Waals surface area contributed by atoms with Crippen LogP contribution < -0.4 is 10.2 Å². The van der Waals surface area contributed by atoms with Crippen LogP contribution >= 0.6 is 0 Å². The molecule has 1 aromatic carbocycles. The van der Waals surface area contributed by atoms with Crippen molar-refractivity contribution in [3.8, 4) is 0 Å². The Labute approximate surface area is 198 Å². The quantitative estimate of drug-likeness (QED) is 0.570. The first-order chi connectivity index (χ1) is 15.9. The van der Waals surface area contributed by atoms with Gasteiger partial charge in [-0.05, 0) is 30.2 Å². The Morgan fingerprint density at radius 2 is 1.97 bits per heavy atom. The molecule has 0 radical (unpaired) electrons. The van der Waals surface area contributed by atoms with Gasteiger partial charge in [0.25, 0.3) is 0 Å². The van der Waals surface area contributed by atoms with Gasteiger partial charge in [-0.3, -0.25) is 4.21 Å². The summed E-state index contributed by atoms with van der Waals surface area (Å²) >= 11 is 0. The maximum atomic E-state index is 12.6. The molecular weight excluding hydrogens is 436 g/mol. The molecule has 8 heteroatoms. The molecule has 1 fully saturated rings. The zero-order valence-electron chi connectivity index (χ0n) is 19.7. The molecule has 2 aromatic rings. The van der Waals surface area contributed by atoms with Crippen LogP contribution in [-0.4, -0.2) is 57.9 Å². The van der Waals surface area contributed by atoms with Crippen LogP contribution in [0.4, 0.5) is 11.8 Å². The highest BCUT2D eigenvalue weighted by molar-refractivity contribution is 7.85. The number of hydrogen-bond donors (Lipinski definition) is 2. The predicted molar refractivity (Wildman–Crippen MR) is 133 cm³/mol. The van der Waals surface area contributed by atoms with E-state index in [9.17, 15) is 9.32 Å². The smallest absolute Gasteiger partial charge is 0.227 e. The fourth-order valence-electron chi connectivity index (χ4n) is 4.49. The Bertz CT molecular complexity index is 1020. The van der Waals surface area contributed by atoms with Gasteiger partial charge < -0.3 is 20.1 Å². The number of aliphatic hydroxyl groups is 1. The lowest BCUT2D eigenvalue weighted by atomic mass is 9.89. The minimum Gasteiger partial charge on any atom is -0.497 e. The third-order valence-corrected chi connectivity index (χ3v) is 8.19. The summed E-state index contributed by atoms with van der Waals surface area (Å²) in [5, 5.41) is 13.1. The highest BCUT2D eigenvalue weighted by Gasteiger charge is 2.30. The highest BCUT2D eigenvalue weighted by atomic mass is 32.2. The monoisotopic (exact) mass is 470 g/mol. The van der Waals surface area contributed by atoms with Crippen LogP contribution in [0.25, 0.3) is 5.76 Å². The largest absolute Gasteiger partial charge is 0.497 e. The third-order valence-electron chi connectivity index (χ3n) is 6.73. The van der Waals surface area contributed by atoms with E-state index in [1.165, 1.54) is 5.56 Å². The summed E-state index contributed by atoms with van der Waals surface area (Å²) in [5.41, 5.74) is 3.21. The van der Waals surface area contributed by atoms with Crippen molar-refractivity contribution in [2.24, 2.45) is 5.92 Å². The number of aromatic nitrogens is 2. The normalized spacial score (nSPS) is 19.4. The van der Waals surface area contributed by atoms with Crippen molar-refractivity contribution in [2.45, 2.75) is 50.0 Å². The van der Waals surface area contributed by atoms with Crippen molar-refractivity contribution in [1.29, 1.82) is 0 Å². The fourth-order valence-corrected chi connectivity index (χ4v) is 5.81. The van der Waals surface area contributed by atoms with E-state index in [2.05, 4.69) is 54.9 Å². The molecule has 1 aromatic heterocycles. The van der Waals surface area contributed by atoms with E-state index < -0.39 is 10.8 Å². The number of hydrogen-bond acceptors (Lipinski definition) is 7. The summed E-state index contributed by atoms with van der Waals surface area (Å²) in [6.45, 7) is 9.75. The molecule has 7 nitrogen and oxygen atoms in total. The fraction of sp³-hybridized carbons (Fsp3) is 0.520. The molecule has 0 amide bonds. The molecule has 0 bridgehead atoms. The second-order valence-corrected chi connectivity index (χ2v) is 10.6. The number of aryl methyl sites for hydroxylation is 1. The van der Waals surface area contributed by atoms with Crippen LogP contribution in [0.3, 0.4) is 0 Å². The van der Waals surface area contributed by atoms with E-state index >= 15 is 0 Å². The van der Waals surface area contributed by atoms with Crippen molar-refractivity contribution in [3.63, 3.8) is 0 Å². The lowest BCUT2D eigenvalue weighted by molar-refractivity contribution is 0.249. The first-order valence-electron chi connectivity index (χ1n) is 11.7. The number of rotatable bonds is 8. The average molecular weight is 471 g/mol. The zero-order chi connectivity index (χ0) is 23.5. The molecule has 4 rings (SSSR count). The summed E-state index contributed by atoms with van der Waals surface area (Å²) in [4.78, 5) is 12.5. The lowest BCUT2D eigenvalue weighted by Gasteiger charge is -2.33. The van der Waals surface area contributed by atoms with Gasteiger partial charge in [0, 0.05) is 30.8 Å². The predicted octanol–water partition coefficient (Wildman–Crippen LogP) is 3.57. The van der Waals surface area contributed by atoms with Gasteiger partial charge in [0.2, 0.25) is 5.95 Å². The number of fused-ring (bicyclic) bond motifs is 1. The number of nitrogens with one attached hydrogen (secondary N) is 1. The van der Waals surface area contributed by atoms with Crippen LogP contribution in [0.1, 0.15) is 49.4 Å². The topological polar surface area (TPSA) is 87.6 Å². The summed E-state index contributed by atoms with van der Waals surface area (Å²) in [6.07, 6.45) is 2.74. The van der Waals surface area contributed by atoms with E-state index in [0.29, 0.717) is 40.5 Å². The summed E-state index contributed by atoms with van der Waals surface area (Å²) in [7, 11) is 0.543. The van der Waals surface area contributed by atoms with Gasteiger partial charge in [0.1, 0.15) is 16.5 Å². The minimum atomic E-state index is -1.09. The molecule has 178 valence electrons. The number of benzene rings is 1. The van der Waals surface area contributed by atoms with Crippen LogP contribution in [0, 0.1) is 5.92 Å². The van der Waals surface area contributed by atoms with Crippen molar-refractivity contribution < 1.29 is 14.1 Å². The number of methoxy groups -OCH3 is 1. The van der Waals surface area contributed by atoms with Gasteiger partial charge in [-0.2, -0.15) is 4.98 Å². The summed E-state index contributed by atoms with van der Waals surface area (Å²) < 4.78 is 17.8. The van der Waals surface area contributed by atoms with Gasteiger partial charge in [-0.25, -0.2) is 4.98 Å². The molecular formula is C25H34N4O3S. The highest BCUT2D eigenvalue weighted by Crippen LogP contribution is 2.34. The van der Waals surface area contributed by atoms with Crippen molar-refractivity contribution in [3.05, 3.63) is 47.7 Å². The molecule has 2 atom stereocenters. The number of aliphatic hydroxyl groups excluding tert-OH is 1. The minimum absolute atomic E-state index is 0.000321. The molecule has 1 saturated heterocycles. The molecule has 3 heterocycles. The number of anilines is 2. The van der Waals surface area contributed by atoms with Crippen molar-refractivity contribution >= 4 is 28.3 Å². The SMILES string of the molecule is C=C(OC)c1ccc(C2CCN(c3nc4c(c(N[C@@H](CO)C(C)C)n3)S(=O)CC4)CC2)cc1. The van der Waals surface area contributed by atoms with Gasteiger partial charge in [0.15, 0.2) is 0 Å². The van der Waals surface area contributed by atoms with Crippen LogP contribution in [-0.2, 0) is 22.0 Å².